The van der Waals surface area contributed by atoms with Gasteiger partial charge in [0, 0.05) is 19.3 Å². The van der Waals surface area contributed by atoms with Gasteiger partial charge in [0.05, 0.1) is 13.2 Å². The van der Waals surface area contributed by atoms with Gasteiger partial charge in [-0.3, -0.25) is 23.4 Å². The summed E-state index contributed by atoms with van der Waals surface area (Å²) in [7, 11) is -5.69. The Morgan fingerprint density at radius 1 is 0.400 bits per heavy atom. The van der Waals surface area contributed by atoms with Crippen LogP contribution in [-0.2, 0) is 61.2 Å². The highest BCUT2D eigenvalue weighted by molar-refractivity contribution is 7.47. The molecule has 24 nitrogen and oxygen atoms in total. The first-order valence-electron chi connectivity index (χ1n) is 37.0. The minimum atomic E-state index is -5.69. The number of phosphoric ester groups is 1. The lowest BCUT2D eigenvalue weighted by Crippen LogP contribution is -2.69. The van der Waals surface area contributed by atoms with Gasteiger partial charge in [-0.2, -0.15) is 0 Å². The monoisotopic (exact) mass is 1380 g/mol. The van der Waals surface area contributed by atoms with E-state index < -0.39 is 156 Å². The summed E-state index contributed by atoms with van der Waals surface area (Å²) in [6, 6.07) is 0. The highest BCUT2D eigenvalue weighted by atomic mass is 31.2. The fourth-order valence-electron chi connectivity index (χ4n) is 12.2. The van der Waals surface area contributed by atoms with Crippen LogP contribution in [-0.4, -0.2) is 204 Å². The van der Waals surface area contributed by atoms with Gasteiger partial charge in [0.15, 0.2) is 18.7 Å². The molecule has 2 aliphatic heterocycles. The van der Waals surface area contributed by atoms with E-state index >= 15 is 0 Å². The van der Waals surface area contributed by atoms with Crippen LogP contribution in [0.25, 0.3) is 0 Å². The first-order valence-corrected chi connectivity index (χ1v) is 38.5. The number of aliphatic hydroxyl groups excluding tert-OH is 10. The third kappa shape index (κ3) is 36.2. The molecular weight excluding hydrogens is 1260 g/mol. The van der Waals surface area contributed by atoms with Gasteiger partial charge in [-0.25, -0.2) is 4.57 Å². The molecule has 1 saturated carbocycles. The van der Waals surface area contributed by atoms with E-state index in [9.17, 15) is 74.9 Å². The first-order chi connectivity index (χ1) is 45.8. The number of carbonyl (C=O) groups excluding carboxylic acids is 3. The van der Waals surface area contributed by atoms with Gasteiger partial charge in [-0.15, -0.1) is 0 Å². The van der Waals surface area contributed by atoms with Gasteiger partial charge < -0.3 is 89.1 Å². The fourth-order valence-corrected chi connectivity index (χ4v) is 13.2. The molecular formula is C70H129O24P. The molecule has 558 valence electrons. The molecule has 0 amide bonds. The summed E-state index contributed by atoms with van der Waals surface area (Å²) in [6.45, 7) is 3.42. The third-order valence-electron chi connectivity index (χ3n) is 18.3. The molecule has 95 heavy (non-hydrogen) atoms. The van der Waals surface area contributed by atoms with Gasteiger partial charge in [0.25, 0.3) is 0 Å². The van der Waals surface area contributed by atoms with Crippen molar-refractivity contribution in [1.29, 1.82) is 0 Å². The SMILES string of the molecule is CCCCCC/C=C\CCCCCCCCCC(=O)OC(COC(=O)CCCCCCCCCCCCCCCC)COP(=O)(O)OC1C(OC2OC(CO)C(O)C(O)C2O)C(O)C(O)C(O)C1OC1OC(COC(=O)CCCCCCCCCCCCC)C(O)C(O)C1O. The summed E-state index contributed by atoms with van der Waals surface area (Å²) in [5, 5.41) is 110. The van der Waals surface area contributed by atoms with Gasteiger partial charge >= 0.3 is 25.7 Å². The van der Waals surface area contributed by atoms with Crippen molar-refractivity contribution in [3.63, 3.8) is 0 Å². The smallest absolute Gasteiger partial charge is 0.463 e. The van der Waals surface area contributed by atoms with E-state index in [0.29, 0.717) is 19.3 Å². The Labute approximate surface area is 567 Å². The molecule has 0 aromatic heterocycles. The summed E-state index contributed by atoms with van der Waals surface area (Å²) < 4.78 is 64.9. The molecule has 3 fully saturated rings. The molecule has 0 bridgehead atoms. The van der Waals surface area contributed by atoms with Crippen molar-refractivity contribution in [3.05, 3.63) is 12.2 Å². The average Bonchev–Trinajstić information content (AvgIpc) is 0.764. The normalized spacial score (nSPS) is 28.1. The summed E-state index contributed by atoms with van der Waals surface area (Å²) >= 11 is 0. The minimum Gasteiger partial charge on any atom is -0.463 e. The number of phosphoric acid groups is 1. The van der Waals surface area contributed by atoms with Crippen LogP contribution in [0.4, 0.5) is 0 Å². The quantitative estimate of drug-likeness (QED) is 0.00887. The van der Waals surface area contributed by atoms with Gasteiger partial charge in [0.2, 0.25) is 0 Å². The molecule has 0 aromatic rings. The fraction of sp³-hybridized carbons (Fsp3) is 0.929. The Hall–Kier alpha value is -2.30. The topological polar surface area (TPSA) is 374 Å². The number of ether oxygens (including phenoxy) is 7. The molecule has 3 aliphatic rings. The number of unbranched alkanes of at least 4 members (excludes halogenated alkanes) is 34. The number of rotatable bonds is 57. The Morgan fingerprint density at radius 2 is 0.737 bits per heavy atom. The summed E-state index contributed by atoms with van der Waals surface area (Å²) in [6.07, 6.45) is 10.1. The van der Waals surface area contributed by atoms with Gasteiger partial charge in [-0.05, 0) is 44.9 Å². The van der Waals surface area contributed by atoms with E-state index in [1.807, 2.05) is 0 Å². The largest absolute Gasteiger partial charge is 0.472 e. The van der Waals surface area contributed by atoms with Gasteiger partial charge in [0.1, 0.15) is 98.7 Å². The maximum Gasteiger partial charge on any atom is 0.472 e. The van der Waals surface area contributed by atoms with Crippen LogP contribution in [0.2, 0.25) is 0 Å². The number of hydrogen-bond acceptors (Lipinski definition) is 23. The van der Waals surface area contributed by atoms with Crippen molar-refractivity contribution < 1.29 is 117 Å². The van der Waals surface area contributed by atoms with Crippen LogP contribution in [0.3, 0.4) is 0 Å². The lowest BCUT2D eigenvalue weighted by atomic mass is 9.84. The zero-order chi connectivity index (χ0) is 69.6. The van der Waals surface area contributed by atoms with E-state index in [1.54, 1.807) is 0 Å². The molecule has 18 unspecified atom stereocenters. The van der Waals surface area contributed by atoms with Crippen molar-refractivity contribution >= 4 is 25.7 Å². The molecule has 2 heterocycles. The van der Waals surface area contributed by atoms with Crippen molar-refractivity contribution in [3.8, 4) is 0 Å². The summed E-state index contributed by atoms with van der Waals surface area (Å²) in [4.78, 5) is 50.9. The van der Waals surface area contributed by atoms with Crippen molar-refractivity contribution in [2.75, 3.05) is 26.4 Å². The maximum absolute atomic E-state index is 14.3. The number of hydrogen-bond donors (Lipinski definition) is 11. The molecule has 2 saturated heterocycles. The second-order valence-electron chi connectivity index (χ2n) is 26.7. The predicted octanol–water partition coefficient (Wildman–Crippen LogP) is 9.57. The van der Waals surface area contributed by atoms with Crippen LogP contribution in [0.5, 0.6) is 0 Å². The van der Waals surface area contributed by atoms with E-state index in [4.69, 9.17) is 42.2 Å². The number of carbonyl (C=O) groups is 3. The summed E-state index contributed by atoms with van der Waals surface area (Å²) in [5.41, 5.74) is 0. The first kappa shape index (κ1) is 86.9. The highest BCUT2D eigenvalue weighted by Gasteiger charge is 2.58. The Bertz CT molecular complexity index is 2020. The van der Waals surface area contributed by atoms with Crippen LogP contribution in [0.15, 0.2) is 12.2 Å². The van der Waals surface area contributed by atoms with E-state index in [-0.39, 0.29) is 19.3 Å². The highest BCUT2D eigenvalue weighted by Crippen LogP contribution is 2.49. The van der Waals surface area contributed by atoms with Crippen molar-refractivity contribution in [1.82, 2.24) is 0 Å². The molecule has 11 N–H and O–H groups in total. The summed E-state index contributed by atoms with van der Waals surface area (Å²) in [5.74, 6) is -1.99. The molecule has 1 aliphatic carbocycles. The van der Waals surface area contributed by atoms with E-state index in [2.05, 4.69) is 32.9 Å². The third-order valence-corrected chi connectivity index (χ3v) is 19.3. The van der Waals surface area contributed by atoms with E-state index in [0.717, 1.165) is 109 Å². The van der Waals surface area contributed by atoms with Crippen LogP contribution >= 0.6 is 7.82 Å². The second-order valence-corrected chi connectivity index (χ2v) is 28.1. The van der Waals surface area contributed by atoms with Crippen LogP contribution < -0.4 is 0 Å². The molecule has 0 spiro atoms. The molecule has 0 radical (unpaired) electrons. The second kappa shape index (κ2) is 52.6. The predicted molar refractivity (Wildman–Crippen MR) is 356 cm³/mol. The number of aliphatic hydroxyl groups is 10. The lowest BCUT2D eigenvalue weighted by Gasteiger charge is -2.49. The minimum absolute atomic E-state index is 0.0314. The zero-order valence-electron chi connectivity index (χ0n) is 58.0. The van der Waals surface area contributed by atoms with Crippen LogP contribution in [0.1, 0.15) is 284 Å². The Balaban J connectivity index is 1.75. The maximum atomic E-state index is 14.3. The van der Waals surface area contributed by atoms with Crippen LogP contribution in [0, 0.1) is 0 Å². The zero-order valence-corrected chi connectivity index (χ0v) is 58.9. The average molecular weight is 1390 g/mol. The molecule has 3 rings (SSSR count). The Kier molecular flexibility index (Phi) is 48.2. The number of allylic oxidation sites excluding steroid dienone is 2. The Morgan fingerprint density at radius 3 is 1.15 bits per heavy atom. The number of esters is 3. The molecule has 0 aromatic carbocycles. The van der Waals surface area contributed by atoms with Gasteiger partial charge in [-0.1, -0.05) is 232 Å². The van der Waals surface area contributed by atoms with Crippen molar-refractivity contribution in [2.24, 2.45) is 0 Å². The standard InChI is InChI=1S/C70H129O24P/c1-4-7-10-13-16-19-22-24-26-28-31-34-37-40-43-46-56(74)89-51(48-86-54(72)44-41-38-35-33-30-27-25-23-20-17-14-11-8-5-2)49-88-95(84,85)94-68-66(92-69-64(82)59(77)57(75)52(47-71)90-69)62(80)61(79)63(81)67(68)93-70-65(83)60(78)58(76)53(91-70)50-87-55(73)45-42-39-36-32-29-21-18-15-12-9-6-3/h19,22,51-53,57-71,75-83H,4-18,20-21,23-50H2,1-3H3,(H,84,85)/b22-19-. The lowest BCUT2D eigenvalue weighted by molar-refractivity contribution is -0.360. The molecule has 18 atom stereocenters. The van der Waals surface area contributed by atoms with Crippen molar-refractivity contribution in [2.45, 2.75) is 388 Å². The van der Waals surface area contributed by atoms with E-state index in [1.165, 1.54) is 116 Å². The molecule has 25 heteroatoms.